The third kappa shape index (κ3) is 4.82. The molecule has 1 heterocycles. The zero-order chi connectivity index (χ0) is 16.1. The second-order valence-electron chi connectivity index (χ2n) is 5.34. The Morgan fingerprint density at radius 1 is 1.09 bits per heavy atom. The number of nitrogens with zero attached hydrogens (tertiary/aromatic N) is 1. The van der Waals surface area contributed by atoms with E-state index in [9.17, 15) is 9.59 Å². The first-order valence-electron chi connectivity index (χ1n) is 7.45. The van der Waals surface area contributed by atoms with Gasteiger partial charge in [0.05, 0.1) is 5.75 Å². The van der Waals surface area contributed by atoms with Crippen LogP contribution in [0.3, 0.4) is 0 Å². The van der Waals surface area contributed by atoms with Crippen molar-refractivity contribution in [2.24, 2.45) is 5.92 Å². The highest BCUT2D eigenvalue weighted by Crippen LogP contribution is 2.30. The molecular formula is C17H17N3O2S. The summed E-state index contributed by atoms with van der Waals surface area (Å²) < 4.78 is 0. The zero-order valence-corrected chi connectivity index (χ0v) is 13.3. The van der Waals surface area contributed by atoms with E-state index in [0.717, 1.165) is 23.4 Å². The molecule has 0 atom stereocenters. The monoisotopic (exact) mass is 327 g/mol. The van der Waals surface area contributed by atoms with Crippen LogP contribution in [0.25, 0.3) is 0 Å². The average Bonchev–Trinajstić information content (AvgIpc) is 3.40. The molecule has 1 aliphatic carbocycles. The number of carbonyl (C=O) groups is 2. The number of amides is 2. The summed E-state index contributed by atoms with van der Waals surface area (Å²) in [6, 6.07) is 12.9. The SMILES string of the molecule is O=C(CSc1ccc(NC(=O)C2CC2)cc1)Nc1ccccn1. The van der Waals surface area contributed by atoms with Crippen LogP contribution in [0.5, 0.6) is 0 Å². The molecule has 118 valence electrons. The summed E-state index contributed by atoms with van der Waals surface area (Å²) in [5.74, 6) is 1.06. The van der Waals surface area contributed by atoms with Gasteiger partial charge in [-0.25, -0.2) is 4.98 Å². The Morgan fingerprint density at radius 3 is 2.52 bits per heavy atom. The van der Waals surface area contributed by atoms with E-state index in [1.54, 1.807) is 18.3 Å². The van der Waals surface area contributed by atoms with E-state index in [2.05, 4.69) is 15.6 Å². The maximum atomic E-state index is 11.9. The van der Waals surface area contributed by atoms with Crippen molar-refractivity contribution >= 4 is 35.1 Å². The Kier molecular flexibility index (Phi) is 4.92. The summed E-state index contributed by atoms with van der Waals surface area (Å²) in [6.07, 6.45) is 3.62. The van der Waals surface area contributed by atoms with Crippen LogP contribution in [0.15, 0.2) is 53.6 Å². The molecule has 5 nitrogen and oxygen atoms in total. The summed E-state index contributed by atoms with van der Waals surface area (Å²) in [7, 11) is 0. The Morgan fingerprint density at radius 2 is 1.87 bits per heavy atom. The lowest BCUT2D eigenvalue weighted by molar-refractivity contribution is -0.117. The first-order chi connectivity index (χ1) is 11.2. The molecule has 0 unspecified atom stereocenters. The summed E-state index contributed by atoms with van der Waals surface area (Å²) in [4.78, 5) is 28.6. The molecule has 1 fully saturated rings. The normalized spacial score (nSPS) is 13.4. The molecule has 1 saturated carbocycles. The Labute approximate surface area is 138 Å². The number of pyridine rings is 1. The van der Waals surface area contributed by atoms with E-state index < -0.39 is 0 Å². The fraction of sp³-hybridized carbons (Fsp3) is 0.235. The molecule has 1 aliphatic rings. The number of carbonyl (C=O) groups excluding carboxylic acids is 2. The molecule has 2 amide bonds. The van der Waals surface area contributed by atoms with Gasteiger partial charge < -0.3 is 10.6 Å². The highest BCUT2D eigenvalue weighted by Gasteiger charge is 2.29. The molecule has 3 rings (SSSR count). The lowest BCUT2D eigenvalue weighted by atomic mass is 10.3. The lowest BCUT2D eigenvalue weighted by Gasteiger charge is -2.06. The van der Waals surface area contributed by atoms with Crippen molar-refractivity contribution in [3.05, 3.63) is 48.7 Å². The number of aromatic nitrogens is 1. The largest absolute Gasteiger partial charge is 0.326 e. The molecule has 0 radical (unpaired) electrons. The molecule has 6 heteroatoms. The van der Waals surface area contributed by atoms with Gasteiger partial charge in [-0.3, -0.25) is 9.59 Å². The second kappa shape index (κ2) is 7.28. The Balaban J connectivity index is 1.46. The molecule has 1 aromatic heterocycles. The van der Waals surface area contributed by atoms with Crippen LogP contribution in [0.1, 0.15) is 12.8 Å². The Bertz CT molecular complexity index is 685. The third-order valence-electron chi connectivity index (χ3n) is 3.37. The number of anilines is 2. The van der Waals surface area contributed by atoms with E-state index in [0.29, 0.717) is 11.6 Å². The Hall–Kier alpha value is -2.34. The standard InChI is InChI=1S/C17H17N3O2S/c21-16(20-15-3-1-2-10-18-15)11-23-14-8-6-13(7-9-14)19-17(22)12-4-5-12/h1-3,6-10,12H,4-5,11H2,(H,19,22)(H,18,20,21). The van der Waals surface area contributed by atoms with Crippen molar-refractivity contribution in [1.29, 1.82) is 0 Å². The van der Waals surface area contributed by atoms with Gasteiger partial charge in [0.15, 0.2) is 0 Å². The van der Waals surface area contributed by atoms with Crippen molar-refractivity contribution in [3.8, 4) is 0 Å². The fourth-order valence-electron chi connectivity index (χ4n) is 1.99. The first kappa shape index (κ1) is 15.6. The molecule has 0 bridgehead atoms. The molecule has 23 heavy (non-hydrogen) atoms. The van der Waals surface area contributed by atoms with Gasteiger partial charge in [0.25, 0.3) is 0 Å². The van der Waals surface area contributed by atoms with Gasteiger partial charge in [-0.05, 0) is 49.2 Å². The van der Waals surface area contributed by atoms with E-state index in [1.807, 2.05) is 30.3 Å². The van der Waals surface area contributed by atoms with Gasteiger partial charge in [-0.2, -0.15) is 0 Å². The number of rotatable bonds is 6. The van der Waals surface area contributed by atoms with Gasteiger partial charge in [0.1, 0.15) is 5.82 Å². The molecule has 2 aromatic rings. The van der Waals surface area contributed by atoms with Gasteiger partial charge in [0, 0.05) is 22.7 Å². The predicted molar refractivity (Wildman–Crippen MR) is 91.4 cm³/mol. The van der Waals surface area contributed by atoms with Crippen LogP contribution < -0.4 is 10.6 Å². The summed E-state index contributed by atoms with van der Waals surface area (Å²) in [5, 5.41) is 5.63. The minimum atomic E-state index is -0.0974. The van der Waals surface area contributed by atoms with Crippen LogP contribution >= 0.6 is 11.8 Å². The van der Waals surface area contributed by atoms with Gasteiger partial charge >= 0.3 is 0 Å². The highest BCUT2D eigenvalue weighted by molar-refractivity contribution is 8.00. The van der Waals surface area contributed by atoms with Crippen molar-refractivity contribution in [2.75, 3.05) is 16.4 Å². The zero-order valence-electron chi connectivity index (χ0n) is 12.5. The van der Waals surface area contributed by atoms with Gasteiger partial charge in [-0.15, -0.1) is 11.8 Å². The maximum Gasteiger partial charge on any atom is 0.235 e. The third-order valence-corrected chi connectivity index (χ3v) is 4.38. The van der Waals surface area contributed by atoms with Crippen molar-refractivity contribution in [1.82, 2.24) is 4.98 Å². The first-order valence-corrected chi connectivity index (χ1v) is 8.44. The molecule has 0 saturated heterocycles. The fourth-order valence-corrected chi connectivity index (χ4v) is 2.69. The van der Waals surface area contributed by atoms with E-state index in [-0.39, 0.29) is 17.7 Å². The quantitative estimate of drug-likeness (QED) is 0.800. The van der Waals surface area contributed by atoms with Gasteiger partial charge in [0.2, 0.25) is 11.8 Å². The van der Waals surface area contributed by atoms with Crippen molar-refractivity contribution in [2.45, 2.75) is 17.7 Å². The number of hydrogen-bond acceptors (Lipinski definition) is 4. The van der Waals surface area contributed by atoms with E-state index in [4.69, 9.17) is 0 Å². The topological polar surface area (TPSA) is 71.1 Å². The molecule has 2 N–H and O–H groups in total. The van der Waals surface area contributed by atoms with E-state index in [1.165, 1.54) is 11.8 Å². The molecule has 0 spiro atoms. The average molecular weight is 327 g/mol. The number of thioether (sulfide) groups is 1. The molecule has 1 aromatic carbocycles. The van der Waals surface area contributed by atoms with Crippen LogP contribution in [0.4, 0.5) is 11.5 Å². The van der Waals surface area contributed by atoms with Crippen LogP contribution in [-0.4, -0.2) is 22.6 Å². The van der Waals surface area contributed by atoms with E-state index >= 15 is 0 Å². The second-order valence-corrected chi connectivity index (χ2v) is 6.39. The smallest absolute Gasteiger partial charge is 0.235 e. The maximum absolute atomic E-state index is 11.9. The number of nitrogens with one attached hydrogen (secondary N) is 2. The minimum Gasteiger partial charge on any atom is -0.326 e. The summed E-state index contributed by atoms with van der Waals surface area (Å²) in [6.45, 7) is 0. The highest BCUT2D eigenvalue weighted by atomic mass is 32.2. The predicted octanol–water partition coefficient (Wildman–Crippen LogP) is 3.16. The molecule has 0 aliphatic heterocycles. The van der Waals surface area contributed by atoms with Crippen molar-refractivity contribution in [3.63, 3.8) is 0 Å². The lowest BCUT2D eigenvalue weighted by Crippen LogP contribution is -2.14. The van der Waals surface area contributed by atoms with Gasteiger partial charge in [-0.1, -0.05) is 6.07 Å². The van der Waals surface area contributed by atoms with Crippen LogP contribution in [0, 0.1) is 5.92 Å². The number of hydrogen-bond donors (Lipinski definition) is 2. The number of benzene rings is 1. The van der Waals surface area contributed by atoms with Crippen LogP contribution in [0.2, 0.25) is 0 Å². The minimum absolute atomic E-state index is 0.0974. The summed E-state index contributed by atoms with van der Waals surface area (Å²) in [5.41, 5.74) is 0.796. The molecular weight excluding hydrogens is 310 g/mol. The summed E-state index contributed by atoms with van der Waals surface area (Å²) >= 11 is 1.44. The van der Waals surface area contributed by atoms with Crippen LogP contribution in [-0.2, 0) is 9.59 Å². The van der Waals surface area contributed by atoms with Crippen molar-refractivity contribution < 1.29 is 9.59 Å².